The normalized spacial score (nSPS) is 10.6. The van der Waals surface area contributed by atoms with Crippen LogP contribution in [0.4, 0.5) is 5.69 Å². The van der Waals surface area contributed by atoms with Gasteiger partial charge in [0, 0.05) is 28.9 Å². The molecular weight excluding hydrogens is 324 g/mol. The van der Waals surface area contributed by atoms with Crippen LogP contribution in [0.15, 0.2) is 85.1 Å². The first kappa shape index (κ1) is 16.0. The molecule has 0 bridgehead atoms. The second-order valence-electron chi connectivity index (χ2n) is 6.03. The number of hydrogen-bond donors (Lipinski definition) is 2. The van der Waals surface area contributed by atoms with Gasteiger partial charge in [-0.2, -0.15) is 0 Å². The number of fused-ring (bicyclic) bond motifs is 1. The van der Waals surface area contributed by atoms with Crippen molar-refractivity contribution in [1.82, 2.24) is 4.98 Å². The highest BCUT2D eigenvalue weighted by Crippen LogP contribution is 2.24. The van der Waals surface area contributed by atoms with E-state index < -0.39 is 0 Å². The molecule has 1 amide bonds. The number of rotatable bonds is 5. The Balaban J connectivity index is 1.45. The van der Waals surface area contributed by atoms with Crippen LogP contribution in [0.5, 0.6) is 11.5 Å². The van der Waals surface area contributed by atoms with E-state index in [1.54, 1.807) is 0 Å². The third-order valence-electron chi connectivity index (χ3n) is 4.12. The maximum atomic E-state index is 12.4. The quantitative estimate of drug-likeness (QED) is 0.527. The van der Waals surface area contributed by atoms with E-state index in [0.29, 0.717) is 17.9 Å². The Labute approximate surface area is 151 Å². The Hall–Kier alpha value is -3.53. The molecule has 0 fully saturated rings. The highest BCUT2D eigenvalue weighted by Gasteiger charge is 2.09. The van der Waals surface area contributed by atoms with Gasteiger partial charge in [-0.25, -0.2) is 0 Å². The van der Waals surface area contributed by atoms with Gasteiger partial charge >= 0.3 is 0 Å². The minimum atomic E-state index is -0.0633. The van der Waals surface area contributed by atoms with Crippen LogP contribution in [-0.4, -0.2) is 10.9 Å². The maximum Gasteiger partial charge on any atom is 0.228 e. The first-order chi connectivity index (χ1) is 12.8. The summed E-state index contributed by atoms with van der Waals surface area (Å²) in [4.78, 5) is 15.6. The third-order valence-corrected chi connectivity index (χ3v) is 4.12. The smallest absolute Gasteiger partial charge is 0.228 e. The van der Waals surface area contributed by atoms with E-state index in [9.17, 15) is 4.79 Å². The van der Waals surface area contributed by atoms with Gasteiger partial charge in [-0.05, 0) is 35.9 Å². The number of hydrogen-bond acceptors (Lipinski definition) is 2. The third kappa shape index (κ3) is 3.59. The van der Waals surface area contributed by atoms with Gasteiger partial charge in [0.25, 0.3) is 0 Å². The van der Waals surface area contributed by atoms with Crippen LogP contribution in [-0.2, 0) is 11.2 Å². The van der Waals surface area contributed by atoms with E-state index in [2.05, 4.69) is 10.3 Å². The van der Waals surface area contributed by atoms with Gasteiger partial charge in [0.2, 0.25) is 5.91 Å². The number of benzene rings is 3. The van der Waals surface area contributed by atoms with Crippen molar-refractivity contribution in [3.05, 3.63) is 90.6 Å². The molecular formula is C22H18N2O2. The van der Waals surface area contributed by atoms with E-state index in [1.165, 1.54) is 0 Å². The molecule has 0 spiro atoms. The van der Waals surface area contributed by atoms with E-state index in [-0.39, 0.29) is 5.91 Å². The fourth-order valence-corrected chi connectivity index (χ4v) is 2.92. The number of aromatic nitrogens is 1. The zero-order chi connectivity index (χ0) is 17.8. The van der Waals surface area contributed by atoms with Crippen molar-refractivity contribution >= 4 is 22.5 Å². The molecule has 0 saturated carbocycles. The van der Waals surface area contributed by atoms with Crippen molar-refractivity contribution in [1.29, 1.82) is 0 Å². The molecule has 4 aromatic rings. The van der Waals surface area contributed by atoms with Gasteiger partial charge in [0.05, 0.1) is 6.42 Å². The minimum Gasteiger partial charge on any atom is -0.457 e. The number of ether oxygens (including phenoxy) is 1. The zero-order valence-corrected chi connectivity index (χ0v) is 14.1. The summed E-state index contributed by atoms with van der Waals surface area (Å²) in [5, 5.41) is 4.01. The lowest BCUT2D eigenvalue weighted by Crippen LogP contribution is -2.14. The van der Waals surface area contributed by atoms with E-state index in [4.69, 9.17) is 4.74 Å². The lowest BCUT2D eigenvalue weighted by atomic mass is 10.1. The molecule has 26 heavy (non-hydrogen) atoms. The molecule has 0 saturated heterocycles. The number of anilines is 1. The highest BCUT2D eigenvalue weighted by molar-refractivity contribution is 5.95. The number of nitrogens with one attached hydrogen (secondary N) is 2. The monoisotopic (exact) mass is 342 g/mol. The summed E-state index contributed by atoms with van der Waals surface area (Å²) in [5.41, 5.74) is 2.73. The van der Waals surface area contributed by atoms with Crippen LogP contribution in [0.2, 0.25) is 0 Å². The molecule has 4 heteroatoms. The molecule has 128 valence electrons. The summed E-state index contributed by atoms with van der Waals surface area (Å²) in [6.07, 6.45) is 2.20. The van der Waals surface area contributed by atoms with E-state index >= 15 is 0 Å². The predicted octanol–water partition coefficient (Wildman–Crippen LogP) is 5.14. The predicted molar refractivity (Wildman–Crippen MR) is 104 cm³/mol. The van der Waals surface area contributed by atoms with E-state index in [0.717, 1.165) is 22.2 Å². The first-order valence-corrected chi connectivity index (χ1v) is 8.46. The van der Waals surface area contributed by atoms with Gasteiger partial charge in [-0.3, -0.25) is 4.79 Å². The van der Waals surface area contributed by atoms with Crippen molar-refractivity contribution in [3.63, 3.8) is 0 Å². The molecule has 0 unspecified atom stereocenters. The van der Waals surface area contributed by atoms with Crippen LogP contribution in [0.25, 0.3) is 10.9 Å². The number of carbonyl (C=O) groups excluding carboxylic acids is 1. The summed E-state index contributed by atoms with van der Waals surface area (Å²) in [7, 11) is 0. The number of para-hydroxylation sites is 2. The van der Waals surface area contributed by atoms with Gasteiger partial charge in [-0.1, -0.05) is 42.5 Å². The molecule has 0 aliphatic rings. The molecule has 0 aliphatic heterocycles. The maximum absolute atomic E-state index is 12.4. The Morgan fingerprint density at radius 3 is 2.54 bits per heavy atom. The molecule has 3 aromatic carbocycles. The fraction of sp³-hybridized carbons (Fsp3) is 0.0455. The molecule has 4 nitrogen and oxygen atoms in total. The molecule has 1 aromatic heterocycles. The largest absolute Gasteiger partial charge is 0.457 e. The topological polar surface area (TPSA) is 54.1 Å². The zero-order valence-electron chi connectivity index (χ0n) is 14.1. The van der Waals surface area contributed by atoms with Gasteiger partial charge in [0.1, 0.15) is 11.5 Å². The van der Waals surface area contributed by atoms with Crippen molar-refractivity contribution in [2.75, 3.05) is 5.32 Å². The minimum absolute atomic E-state index is 0.0633. The number of amides is 1. The fourth-order valence-electron chi connectivity index (χ4n) is 2.92. The summed E-state index contributed by atoms with van der Waals surface area (Å²) < 4.78 is 5.81. The van der Waals surface area contributed by atoms with Gasteiger partial charge < -0.3 is 15.0 Å². The van der Waals surface area contributed by atoms with Crippen LogP contribution in [0.1, 0.15) is 5.56 Å². The van der Waals surface area contributed by atoms with E-state index in [1.807, 2.05) is 85.1 Å². The van der Waals surface area contributed by atoms with Crippen LogP contribution < -0.4 is 10.1 Å². The standard InChI is InChI=1S/C22H18N2O2/c25-22(13-16-15-23-21-12-5-4-11-20(16)21)24-17-7-6-10-19(14-17)26-18-8-2-1-3-9-18/h1-12,14-15,23H,13H2,(H,24,25). The molecule has 1 heterocycles. The second-order valence-corrected chi connectivity index (χ2v) is 6.03. The van der Waals surface area contributed by atoms with Crippen molar-refractivity contribution in [3.8, 4) is 11.5 Å². The van der Waals surface area contributed by atoms with Crippen molar-refractivity contribution in [2.24, 2.45) is 0 Å². The Bertz CT molecular complexity index is 1040. The highest BCUT2D eigenvalue weighted by atomic mass is 16.5. The SMILES string of the molecule is O=C(Cc1c[nH]c2ccccc12)Nc1cccc(Oc2ccccc2)c1. The first-order valence-electron chi connectivity index (χ1n) is 8.46. The average Bonchev–Trinajstić information content (AvgIpc) is 3.06. The summed E-state index contributed by atoms with van der Waals surface area (Å²) in [5.74, 6) is 1.38. The Morgan fingerprint density at radius 2 is 1.65 bits per heavy atom. The Morgan fingerprint density at radius 1 is 0.885 bits per heavy atom. The van der Waals surface area contributed by atoms with Crippen LogP contribution in [0, 0.1) is 0 Å². The lowest BCUT2D eigenvalue weighted by molar-refractivity contribution is -0.115. The summed E-state index contributed by atoms with van der Waals surface area (Å²) in [6.45, 7) is 0. The van der Waals surface area contributed by atoms with Crippen LogP contribution in [0.3, 0.4) is 0 Å². The van der Waals surface area contributed by atoms with Crippen molar-refractivity contribution < 1.29 is 9.53 Å². The Kier molecular flexibility index (Phi) is 4.39. The summed E-state index contributed by atoms with van der Waals surface area (Å²) >= 11 is 0. The number of carbonyl (C=O) groups is 1. The number of aromatic amines is 1. The molecule has 0 aliphatic carbocycles. The average molecular weight is 342 g/mol. The molecule has 2 N–H and O–H groups in total. The summed E-state index contributed by atoms with van der Waals surface area (Å²) in [6, 6.07) is 24.9. The van der Waals surface area contributed by atoms with Crippen LogP contribution >= 0.6 is 0 Å². The van der Waals surface area contributed by atoms with Gasteiger partial charge in [-0.15, -0.1) is 0 Å². The van der Waals surface area contributed by atoms with Gasteiger partial charge in [0.15, 0.2) is 0 Å². The molecule has 0 radical (unpaired) electrons. The number of H-pyrrole nitrogens is 1. The molecule has 0 atom stereocenters. The lowest BCUT2D eigenvalue weighted by Gasteiger charge is -2.09. The second kappa shape index (κ2) is 7.15. The molecule has 4 rings (SSSR count). The van der Waals surface area contributed by atoms with Crippen molar-refractivity contribution in [2.45, 2.75) is 6.42 Å².